The molecule has 408 valence electrons. The molecule has 0 saturated heterocycles. The Labute approximate surface area is 431 Å². The summed E-state index contributed by atoms with van der Waals surface area (Å²) in [6, 6.07) is -0.546. The number of allylic oxidation sites excluding steroid dienone is 4. The van der Waals surface area contributed by atoms with Gasteiger partial charge in [-0.15, -0.1) is 0 Å². The van der Waals surface area contributed by atoms with Gasteiger partial charge >= 0.3 is 5.97 Å². The van der Waals surface area contributed by atoms with E-state index in [2.05, 4.69) is 43.5 Å². The maximum Gasteiger partial charge on any atom is 0.305 e. The van der Waals surface area contributed by atoms with Gasteiger partial charge in [0.15, 0.2) is 0 Å². The summed E-state index contributed by atoms with van der Waals surface area (Å²) in [6.07, 6.45) is 71.8. The van der Waals surface area contributed by atoms with E-state index in [4.69, 9.17) is 4.74 Å². The number of unbranched alkanes of at least 4 members (excludes halogenated alkanes) is 43. The first-order valence-corrected chi connectivity index (χ1v) is 31.1. The normalized spacial score (nSPS) is 12.7. The molecule has 69 heavy (non-hydrogen) atoms. The minimum Gasteiger partial charge on any atom is -0.466 e. The van der Waals surface area contributed by atoms with Crippen molar-refractivity contribution in [2.24, 2.45) is 0 Å². The molecule has 6 heteroatoms. The number of hydrogen-bond donors (Lipinski definition) is 3. The number of esters is 1. The Morgan fingerprint density at radius 1 is 0.391 bits per heavy atom. The first-order valence-electron chi connectivity index (χ1n) is 31.1. The smallest absolute Gasteiger partial charge is 0.305 e. The summed E-state index contributed by atoms with van der Waals surface area (Å²) < 4.78 is 5.49. The van der Waals surface area contributed by atoms with Crippen LogP contribution in [0, 0.1) is 0 Å². The van der Waals surface area contributed by atoms with Crippen LogP contribution in [0.4, 0.5) is 0 Å². The molecule has 1 amide bonds. The van der Waals surface area contributed by atoms with Crippen molar-refractivity contribution < 1.29 is 24.5 Å². The molecule has 6 nitrogen and oxygen atoms in total. The molecule has 0 aliphatic carbocycles. The Bertz CT molecular complexity index is 1080. The highest BCUT2D eigenvalue weighted by Gasteiger charge is 2.20. The van der Waals surface area contributed by atoms with Crippen LogP contribution in [0.2, 0.25) is 0 Å². The molecule has 2 unspecified atom stereocenters. The Kier molecular flexibility index (Phi) is 57.5. The third kappa shape index (κ3) is 55.5. The summed E-state index contributed by atoms with van der Waals surface area (Å²) in [5.74, 6) is -0.0361. The van der Waals surface area contributed by atoms with E-state index in [1.165, 1.54) is 263 Å². The van der Waals surface area contributed by atoms with Crippen molar-refractivity contribution in [1.29, 1.82) is 0 Å². The van der Waals surface area contributed by atoms with E-state index in [0.29, 0.717) is 25.9 Å². The van der Waals surface area contributed by atoms with E-state index in [-0.39, 0.29) is 18.5 Å². The molecule has 0 fully saturated rings. The van der Waals surface area contributed by atoms with Crippen LogP contribution < -0.4 is 5.32 Å². The van der Waals surface area contributed by atoms with Crippen LogP contribution in [-0.2, 0) is 14.3 Å². The highest BCUT2D eigenvalue weighted by molar-refractivity contribution is 5.76. The fourth-order valence-electron chi connectivity index (χ4n) is 9.69. The van der Waals surface area contributed by atoms with E-state index in [9.17, 15) is 19.8 Å². The molecule has 3 N–H and O–H groups in total. The monoisotopic (exact) mass is 972 g/mol. The zero-order chi connectivity index (χ0) is 50.0. The van der Waals surface area contributed by atoms with Crippen LogP contribution in [0.25, 0.3) is 0 Å². The molecule has 0 aromatic heterocycles. The second-order valence-electron chi connectivity index (χ2n) is 21.4. The third-order valence-electron chi connectivity index (χ3n) is 14.5. The Hall–Kier alpha value is -1.66. The summed E-state index contributed by atoms with van der Waals surface area (Å²) >= 11 is 0. The van der Waals surface area contributed by atoms with Crippen molar-refractivity contribution in [2.45, 2.75) is 353 Å². The molecule has 0 aliphatic heterocycles. The number of ether oxygens (including phenoxy) is 1. The lowest BCUT2D eigenvalue weighted by Gasteiger charge is -2.22. The average molecular weight is 973 g/mol. The second-order valence-corrected chi connectivity index (χ2v) is 21.4. The van der Waals surface area contributed by atoms with E-state index in [1.54, 1.807) is 0 Å². The number of aliphatic hydroxyl groups excluding tert-OH is 2. The number of nitrogens with one attached hydrogen (secondary N) is 1. The SMILES string of the molecule is CCCCCCCC/C=C\CCCCCCCCCC(=O)OCCCCCCCCCCCC/C=C\CCCCCCCCCC(=O)NC(CO)C(O)CCCCCCCCCCCCCCCC. The molecule has 0 aromatic carbocycles. The van der Waals surface area contributed by atoms with Crippen LogP contribution in [0.15, 0.2) is 24.3 Å². The van der Waals surface area contributed by atoms with Gasteiger partial charge in [0.1, 0.15) is 0 Å². The summed E-state index contributed by atoms with van der Waals surface area (Å²) in [6.45, 7) is 4.96. The standard InChI is InChI=1S/C63H121NO5/c1-3-5-7-9-11-13-15-17-19-25-29-33-37-41-45-49-53-57-63(68)69-58-54-50-46-42-38-34-30-27-24-22-20-21-23-26-28-32-36-40-44-48-52-56-62(67)64-60(59-65)61(66)55-51-47-43-39-35-31-18-16-14-12-10-8-6-4-2/h17,19,21,23,60-61,65-66H,3-16,18,20,22,24-59H2,1-2H3,(H,64,67)/b19-17-,23-21-. The number of amides is 1. The molecule has 0 aliphatic rings. The molecule has 0 radical (unpaired) electrons. The van der Waals surface area contributed by atoms with Gasteiger partial charge in [0.2, 0.25) is 5.91 Å². The van der Waals surface area contributed by atoms with Crippen molar-refractivity contribution >= 4 is 11.9 Å². The third-order valence-corrected chi connectivity index (χ3v) is 14.5. The number of carbonyl (C=O) groups is 2. The molecule has 0 rings (SSSR count). The largest absolute Gasteiger partial charge is 0.466 e. The lowest BCUT2D eigenvalue weighted by Crippen LogP contribution is -2.45. The Balaban J connectivity index is 3.41. The summed E-state index contributed by atoms with van der Waals surface area (Å²) in [5, 5.41) is 23.3. The minimum atomic E-state index is -0.668. The van der Waals surface area contributed by atoms with Crippen molar-refractivity contribution in [2.75, 3.05) is 13.2 Å². The predicted molar refractivity (Wildman–Crippen MR) is 301 cm³/mol. The van der Waals surface area contributed by atoms with Gasteiger partial charge < -0.3 is 20.3 Å². The van der Waals surface area contributed by atoms with E-state index >= 15 is 0 Å². The number of hydrogen-bond acceptors (Lipinski definition) is 5. The lowest BCUT2D eigenvalue weighted by molar-refractivity contribution is -0.143. The zero-order valence-corrected chi connectivity index (χ0v) is 46.6. The summed E-state index contributed by atoms with van der Waals surface area (Å²) in [5.41, 5.74) is 0. The van der Waals surface area contributed by atoms with Gasteiger partial charge in [0.05, 0.1) is 25.4 Å². The number of aliphatic hydroxyl groups is 2. The van der Waals surface area contributed by atoms with Gasteiger partial charge in [-0.05, 0) is 77.0 Å². The van der Waals surface area contributed by atoms with Crippen molar-refractivity contribution in [3.63, 3.8) is 0 Å². The zero-order valence-electron chi connectivity index (χ0n) is 46.6. The van der Waals surface area contributed by atoms with Crippen LogP contribution in [0.5, 0.6) is 0 Å². The first kappa shape index (κ1) is 67.3. The van der Waals surface area contributed by atoms with Crippen LogP contribution >= 0.6 is 0 Å². The molecule has 0 aromatic rings. The minimum absolute atomic E-state index is 0.00529. The fourth-order valence-corrected chi connectivity index (χ4v) is 9.69. The molecule has 2 atom stereocenters. The number of rotatable bonds is 58. The molecule has 0 saturated carbocycles. The van der Waals surface area contributed by atoms with Crippen LogP contribution in [0.1, 0.15) is 341 Å². The maximum absolute atomic E-state index is 12.5. The molecular formula is C63H121NO5. The highest BCUT2D eigenvalue weighted by Crippen LogP contribution is 2.17. The van der Waals surface area contributed by atoms with E-state index in [0.717, 1.165) is 44.9 Å². The predicted octanol–water partition coefficient (Wildman–Crippen LogP) is 19.4. The lowest BCUT2D eigenvalue weighted by atomic mass is 10.0. The van der Waals surface area contributed by atoms with Crippen LogP contribution in [-0.4, -0.2) is 47.4 Å². The quantitative estimate of drug-likeness (QED) is 0.0321. The molecule has 0 heterocycles. The summed E-state index contributed by atoms with van der Waals surface area (Å²) in [7, 11) is 0. The van der Waals surface area contributed by atoms with Crippen LogP contribution in [0.3, 0.4) is 0 Å². The van der Waals surface area contributed by atoms with Gasteiger partial charge in [-0.1, -0.05) is 276 Å². The topological polar surface area (TPSA) is 95.9 Å². The Morgan fingerprint density at radius 3 is 1.03 bits per heavy atom. The average Bonchev–Trinajstić information content (AvgIpc) is 3.35. The Morgan fingerprint density at radius 2 is 0.681 bits per heavy atom. The van der Waals surface area contributed by atoms with Gasteiger partial charge in [-0.25, -0.2) is 0 Å². The second kappa shape index (κ2) is 58.9. The number of carbonyl (C=O) groups excluding carboxylic acids is 2. The van der Waals surface area contributed by atoms with Crippen molar-refractivity contribution in [1.82, 2.24) is 5.32 Å². The van der Waals surface area contributed by atoms with E-state index < -0.39 is 12.1 Å². The van der Waals surface area contributed by atoms with Gasteiger partial charge in [0, 0.05) is 12.8 Å². The van der Waals surface area contributed by atoms with Gasteiger partial charge in [-0.3, -0.25) is 9.59 Å². The summed E-state index contributed by atoms with van der Waals surface area (Å²) in [4.78, 5) is 24.6. The molecule has 0 bridgehead atoms. The van der Waals surface area contributed by atoms with Crippen molar-refractivity contribution in [3.8, 4) is 0 Å². The maximum atomic E-state index is 12.5. The van der Waals surface area contributed by atoms with Gasteiger partial charge in [0.25, 0.3) is 0 Å². The highest BCUT2D eigenvalue weighted by atomic mass is 16.5. The van der Waals surface area contributed by atoms with Crippen molar-refractivity contribution in [3.05, 3.63) is 24.3 Å². The first-order chi connectivity index (χ1) is 34.0. The molecule has 0 spiro atoms. The van der Waals surface area contributed by atoms with Gasteiger partial charge in [-0.2, -0.15) is 0 Å². The molecular weight excluding hydrogens is 851 g/mol. The van der Waals surface area contributed by atoms with E-state index in [1.807, 2.05) is 0 Å². The fraction of sp³-hybridized carbons (Fsp3) is 0.905.